The Morgan fingerprint density at radius 2 is 2.26 bits per heavy atom. The molecule has 5 nitrogen and oxygen atoms in total. The number of carbonyl (C=O) groups excluding carboxylic acids is 2. The summed E-state index contributed by atoms with van der Waals surface area (Å²) >= 11 is 0. The Balaban J connectivity index is 2.02. The highest BCUT2D eigenvalue weighted by molar-refractivity contribution is 5.72. The second-order valence-corrected chi connectivity index (χ2v) is 4.21. The molecule has 102 valence electrons. The molecule has 1 aromatic carbocycles. The summed E-state index contributed by atoms with van der Waals surface area (Å²) in [6.45, 7) is 0.522. The van der Waals surface area contributed by atoms with Crippen LogP contribution in [0.2, 0.25) is 0 Å². The van der Waals surface area contributed by atoms with Crippen molar-refractivity contribution in [1.29, 1.82) is 0 Å². The Morgan fingerprint density at radius 3 is 2.95 bits per heavy atom. The van der Waals surface area contributed by atoms with Gasteiger partial charge in [-0.15, -0.1) is 5.06 Å². The fraction of sp³-hybridized carbons (Fsp3) is 0.385. The summed E-state index contributed by atoms with van der Waals surface area (Å²) in [6, 6.07) is 3.02. The Kier molecular flexibility index (Phi) is 4.11. The van der Waals surface area contributed by atoms with Crippen LogP contribution in [0.25, 0.3) is 0 Å². The molecule has 1 heterocycles. The van der Waals surface area contributed by atoms with Gasteiger partial charge in [0.2, 0.25) is 0 Å². The standard InChI is InChI=1S/C13H14FNO4/c1-18-10-5-9-7-15(8-11(9)12(14)6-10)19-13(17)3-2-4-16/h4-6H,2-3,7-8H2,1H3. The molecular weight excluding hydrogens is 253 g/mol. The lowest BCUT2D eigenvalue weighted by molar-refractivity contribution is -0.193. The first-order valence-corrected chi connectivity index (χ1v) is 5.88. The number of hydrogen-bond acceptors (Lipinski definition) is 5. The molecule has 0 spiro atoms. The van der Waals surface area contributed by atoms with E-state index in [4.69, 9.17) is 9.57 Å². The fourth-order valence-corrected chi connectivity index (χ4v) is 1.96. The number of carbonyl (C=O) groups is 2. The van der Waals surface area contributed by atoms with Crippen LogP contribution in [0.1, 0.15) is 24.0 Å². The van der Waals surface area contributed by atoms with E-state index in [2.05, 4.69) is 0 Å². The maximum absolute atomic E-state index is 13.8. The molecule has 0 amide bonds. The van der Waals surface area contributed by atoms with Crippen LogP contribution in [-0.2, 0) is 27.5 Å². The maximum atomic E-state index is 13.8. The average molecular weight is 267 g/mol. The van der Waals surface area contributed by atoms with Crippen molar-refractivity contribution in [2.24, 2.45) is 0 Å². The van der Waals surface area contributed by atoms with Gasteiger partial charge in [0, 0.05) is 18.1 Å². The topological polar surface area (TPSA) is 55.8 Å². The number of rotatable bonds is 5. The van der Waals surface area contributed by atoms with Gasteiger partial charge in [-0.25, -0.2) is 4.39 Å². The van der Waals surface area contributed by atoms with Crippen LogP contribution in [0.4, 0.5) is 4.39 Å². The van der Waals surface area contributed by atoms with E-state index >= 15 is 0 Å². The van der Waals surface area contributed by atoms with Gasteiger partial charge in [0.05, 0.1) is 26.6 Å². The van der Waals surface area contributed by atoms with Crippen LogP contribution in [0.5, 0.6) is 5.75 Å². The molecule has 0 unspecified atom stereocenters. The lowest BCUT2D eigenvalue weighted by atomic mass is 10.1. The molecule has 2 rings (SSSR count). The zero-order valence-corrected chi connectivity index (χ0v) is 10.5. The molecule has 0 aliphatic carbocycles. The van der Waals surface area contributed by atoms with E-state index in [9.17, 15) is 14.0 Å². The number of hydroxylamine groups is 2. The molecule has 19 heavy (non-hydrogen) atoms. The predicted octanol–water partition coefficient (Wildman–Crippen LogP) is 1.59. The molecule has 0 saturated heterocycles. The average Bonchev–Trinajstić information content (AvgIpc) is 2.79. The molecule has 6 heteroatoms. The molecule has 0 aromatic heterocycles. The van der Waals surface area contributed by atoms with Gasteiger partial charge >= 0.3 is 5.97 Å². The maximum Gasteiger partial charge on any atom is 0.325 e. The first-order valence-electron chi connectivity index (χ1n) is 5.88. The largest absolute Gasteiger partial charge is 0.497 e. The second-order valence-electron chi connectivity index (χ2n) is 4.21. The third kappa shape index (κ3) is 3.08. The highest BCUT2D eigenvalue weighted by Crippen LogP contribution is 2.29. The van der Waals surface area contributed by atoms with Crippen molar-refractivity contribution in [3.8, 4) is 5.75 Å². The summed E-state index contributed by atoms with van der Waals surface area (Å²) in [6.07, 6.45) is 0.814. The molecule has 0 N–H and O–H groups in total. The fourth-order valence-electron chi connectivity index (χ4n) is 1.96. The molecule has 0 bridgehead atoms. The third-order valence-electron chi connectivity index (χ3n) is 2.88. The van der Waals surface area contributed by atoms with Crippen molar-refractivity contribution in [3.05, 3.63) is 29.1 Å². The zero-order valence-electron chi connectivity index (χ0n) is 10.5. The number of nitrogens with zero attached hydrogens (tertiary/aromatic N) is 1. The monoisotopic (exact) mass is 267 g/mol. The lowest BCUT2D eigenvalue weighted by Crippen LogP contribution is -2.21. The summed E-state index contributed by atoms with van der Waals surface area (Å²) in [5.41, 5.74) is 1.24. The summed E-state index contributed by atoms with van der Waals surface area (Å²) in [5.74, 6) is -0.432. The Morgan fingerprint density at radius 1 is 1.47 bits per heavy atom. The molecule has 0 fully saturated rings. The van der Waals surface area contributed by atoms with E-state index in [1.807, 2.05) is 0 Å². The van der Waals surface area contributed by atoms with Crippen molar-refractivity contribution in [1.82, 2.24) is 5.06 Å². The van der Waals surface area contributed by atoms with Gasteiger partial charge in [-0.05, 0) is 11.6 Å². The van der Waals surface area contributed by atoms with E-state index in [0.717, 1.165) is 5.56 Å². The second kappa shape index (κ2) is 5.79. The number of fused-ring (bicyclic) bond motifs is 1. The van der Waals surface area contributed by atoms with Gasteiger partial charge in [0.25, 0.3) is 0 Å². The van der Waals surface area contributed by atoms with Crippen molar-refractivity contribution in [2.45, 2.75) is 25.9 Å². The van der Waals surface area contributed by atoms with E-state index in [0.29, 0.717) is 24.1 Å². The number of methoxy groups -OCH3 is 1. The number of hydrogen-bond donors (Lipinski definition) is 0. The van der Waals surface area contributed by atoms with Gasteiger partial charge in [0.15, 0.2) is 0 Å². The van der Waals surface area contributed by atoms with Gasteiger partial charge in [0.1, 0.15) is 17.9 Å². The van der Waals surface area contributed by atoms with E-state index in [1.54, 1.807) is 6.07 Å². The Hall–Kier alpha value is -1.95. The van der Waals surface area contributed by atoms with E-state index in [1.165, 1.54) is 18.2 Å². The van der Waals surface area contributed by atoms with Gasteiger partial charge in [-0.1, -0.05) is 0 Å². The zero-order chi connectivity index (χ0) is 13.8. The Bertz CT molecular complexity index is 504. The smallest absolute Gasteiger partial charge is 0.325 e. The highest BCUT2D eigenvalue weighted by Gasteiger charge is 2.25. The van der Waals surface area contributed by atoms with Gasteiger partial charge in [-0.2, -0.15) is 0 Å². The molecular formula is C13H14FNO4. The summed E-state index contributed by atoms with van der Waals surface area (Å²) < 4.78 is 18.7. The summed E-state index contributed by atoms with van der Waals surface area (Å²) in [5, 5.41) is 1.38. The molecule has 1 aliphatic heterocycles. The first kappa shape index (κ1) is 13.5. The van der Waals surface area contributed by atoms with E-state index < -0.39 is 5.97 Å². The number of benzene rings is 1. The molecule has 0 saturated carbocycles. The van der Waals surface area contributed by atoms with Crippen molar-refractivity contribution >= 4 is 12.3 Å². The van der Waals surface area contributed by atoms with Crippen LogP contribution in [-0.4, -0.2) is 24.4 Å². The van der Waals surface area contributed by atoms with Crippen LogP contribution in [0.15, 0.2) is 12.1 Å². The SMILES string of the molecule is COc1cc(F)c2c(c1)CN(OC(=O)CCC=O)C2. The minimum atomic E-state index is -0.493. The first-order chi connectivity index (χ1) is 9.13. The third-order valence-corrected chi connectivity index (χ3v) is 2.88. The van der Waals surface area contributed by atoms with Crippen molar-refractivity contribution < 1.29 is 23.6 Å². The summed E-state index contributed by atoms with van der Waals surface area (Å²) in [7, 11) is 1.47. The normalized spacial score (nSPS) is 14.0. The number of ether oxygens (including phenoxy) is 1. The molecule has 0 atom stereocenters. The quantitative estimate of drug-likeness (QED) is 0.758. The lowest BCUT2D eigenvalue weighted by Gasteiger charge is -2.13. The number of aldehydes is 1. The van der Waals surface area contributed by atoms with Crippen LogP contribution in [0, 0.1) is 5.82 Å². The van der Waals surface area contributed by atoms with Gasteiger partial charge < -0.3 is 14.4 Å². The number of halogens is 1. The van der Waals surface area contributed by atoms with Gasteiger partial charge in [-0.3, -0.25) is 4.79 Å². The van der Waals surface area contributed by atoms with Crippen molar-refractivity contribution in [3.63, 3.8) is 0 Å². The predicted molar refractivity (Wildman–Crippen MR) is 63.6 cm³/mol. The van der Waals surface area contributed by atoms with E-state index in [-0.39, 0.29) is 25.2 Å². The molecule has 1 aromatic rings. The minimum absolute atomic E-state index is 0.0299. The summed E-state index contributed by atoms with van der Waals surface area (Å²) in [4.78, 5) is 26.6. The highest BCUT2D eigenvalue weighted by atomic mass is 19.1. The Labute approximate surface area is 109 Å². The minimum Gasteiger partial charge on any atom is -0.497 e. The van der Waals surface area contributed by atoms with Crippen LogP contribution < -0.4 is 4.74 Å². The van der Waals surface area contributed by atoms with Crippen LogP contribution in [0.3, 0.4) is 0 Å². The van der Waals surface area contributed by atoms with Crippen LogP contribution >= 0.6 is 0 Å². The molecule has 1 aliphatic rings. The molecule has 0 radical (unpaired) electrons. The van der Waals surface area contributed by atoms with Crippen molar-refractivity contribution in [2.75, 3.05) is 7.11 Å².